The van der Waals surface area contributed by atoms with Crippen LogP contribution in [0.4, 0.5) is 5.69 Å². The number of nitrogens with one attached hydrogen (secondary N) is 1. The summed E-state index contributed by atoms with van der Waals surface area (Å²) in [6.45, 7) is 0. The Kier molecular flexibility index (Phi) is 11.7. The van der Waals surface area contributed by atoms with Crippen LogP contribution in [0.15, 0.2) is 67.9 Å². The van der Waals surface area contributed by atoms with Gasteiger partial charge in [0, 0.05) is 21.2 Å². The van der Waals surface area contributed by atoms with Crippen molar-refractivity contribution in [2.75, 3.05) is 12.8 Å². The van der Waals surface area contributed by atoms with E-state index in [1.807, 2.05) is 29.0 Å². The Labute approximate surface area is 245 Å². The molecule has 0 unspecified atom stereocenters. The normalized spacial score (nSPS) is 9.59. The largest absolute Gasteiger partial charge is 0.490 e. The first-order chi connectivity index (χ1) is 18.2. The van der Waals surface area contributed by atoms with Crippen LogP contribution in [0.5, 0.6) is 0 Å². The number of thiophene rings is 2. The summed E-state index contributed by atoms with van der Waals surface area (Å²) in [6, 6.07) is 17.1. The Balaban J connectivity index is 0.000000210. The van der Waals surface area contributed by atoms with Crippen LogP contribution in [0.25, 0.3) is 21.0 Å². The molecular formula is C25H19BBrClN4O5S2. The van der Waals surface area contributed by atoms with E-state index in [1.165, 1.54) is 36.6 Å². The van der Waals surface area contributed by atoms with Gasteiger partial charge >= 0.3 is 13.1 Å². The highest BCUT2D eigenvalue weighted by Crippen LogP contribution is 2.26. The number of hydrogen-bond acceptors (Lipinski definition) is 10. The Morgan fingerprint density at radius 2 is 1.67 bits per heavy atom. The number of H-pyrrole nitrogens is 1. The van der Waals surface area contributed by atoms with Gasteiger partial charge in [-0.15, -0.1) is 35.1 Å². The average Bonchev–Trinajstić information content (AvgIpc) is 3.58. The number of benzene rings is 2. The lowest BCUT2D eigenvalue weighted by Gasteiger charge is -2.02. The van der Waals surface area contributed by atoms with E-state index < -0.39 is 7.12 Å². The monoisotopic (exact) mass is 644 g/mol. The number of carbonyl (C=O) groups excluding carboxylic acids is 1. The van der Waals surface area contributed by atoms with Crippen molar-refractivity contribution in [2.24, 2.45) is 0 Å². The highest BCUT2D eigenvalue weighted by Gasteiger charge is 2.14. The van der Waals surface area contributed by atoms with Gasteiger partial charge < -0.3 is 25.5 Å². The highest BCUT2D eigenvalue weighted by molar-refractivity contribution is 9.11. The molecule has 198 valence electrons. The van der Waals surface area contributed by atoms with Gasteiger partial charge in [-0.1, -0.05) is 12.1 Å². The number of methoxy groups -OCH3 is 1. The molecule has 0 spiro atoms. The fraction of sp³-hybridized carbons (Fsp3) is 0.0400. The number of aromatic amines is 1. The fourth-order valence-electron chi connectivity index (χ4n) is 3.23. The minimum atomic E-state index is -1.59. The predicted octanol–water partition coefficient (Wildman–Crippen LogP) is 4.15. The maximum atomic E-state index is 11.7. The van der Waals surface area contributed by atoms with E-state index in [-0.39, 0.29) is 35.1 Å². The highest BCUT2D eigenvalue weighted by atomic mass is 79.9. The number of rotatable bonds is 2. The molecule has 5 N–H and O–H groups in total. The summed E-state index contributed by atoms with van der Waals surface area (Å²) in [5.74, 6) is -0.298. The standard InChI is InChI=1S/C12H6N2OS.C7H7BN2O2.C6H5BrO2S.ClH/c13-6-7-1-2-8-10(5-7)14-12(15)9-3-4-16-11(8)9;9-4-5-1-2-6(8(11)12)7(10)3-5;1-9-6(8)4-2-3-10-5(4)7;/h1-5H,(H,14,15);1-3,11-12H,10H2;2-3H,1H3;1H. The third kappa shape index (κ3) is 7.68. The number of nitriles is 2. The molecule has 0 amide bonds. The van der Waals surface area contributed by atoms with E-state index >= 15 is 0 Å². The Hall–Kier alpha value is -3.69. The summed E-state index contributed by atoms with van der Waals surface area (Å²) in [5, 5.41) is 40.2. The van der Waals surface area contributed by atoms with Crippen LogP contribution in [0.1, 0.15) is 21.5 Å². The molecule has 0 bridgehead atoms. The lowest BCUT2D eigenvalue weighted by Crippen LogP contribution is -2.32. The van der Waals surface area contributed by atoms with Gasteiger partial charge in [0.15, 0.2) is 0 Å². The molecule has 0 aliphatic rings. The number of carbonyl (C=O) groups is 1. The summed E-state index contributed by atoms with van der Waals surface area (Å²) in [5.41, 5.74) is 8.02. The zero-order chi connectivity index (χ0) is 27.8. The summed E-state index contributed by atoms with van der Waals surface area (Å²) < 4.78 is 6.31. The molecule has 3 heterocycles. The van der Waals surface area contributed by atoms with Gasteiger partial charge in [-0.25, -0.2) is 4.79 Å². The zero-order valence-electron chi connectivity index (χ0n) is 20.0. The van der Waals surface area contributed by atoms with Crippen LogP contribution in [0.2, 0.25) is 0 Å². The predicted molar refractivity (Wildman–Crippen MR) is 161 cm³/mol. The van der Waals surface area contributed by atoms with Crippen LogP contribution < -0.4 is 16.8 Å². The number of nitrogen functional groups attached to an aromatic ring is 1. The van der Waals surface area contributed by atoms with Crippen molar-refractivity contribution in [1.82, 2.24) is 4.98 Å². The number of ether oxygens (including phenoxy) is 1. The number of esters is 1. The molecule has 5 rings (SSSR count). The van der Waals surface area contributed by atoms with Crippen LogP contribution in [-0.2, 0) is 4.74 Å². The van der Waals surface area contributed by atoms with Crippen LogP contribution in [-0.4, -0.2) is 35.2 Å². The second-order valence-corrected chi connectivity index (χ2v) is 10.6. The van der Waals surface area contributed by atoms with Crippen LogP contribution in [0, 0.1) is 22.7 Å². The summed E-state index contributed by atoms with van der Waals surface area (Å²) in [4.78, 5) is 25.4. The lowest BCUT2D eigenvalue weighted by atomic mass is 9.79. The molecule has 5 aromatic rings. The van der Waals surface area contributed by atoms with E-state index in [9.17, 15) is 9.59 Å². The van der Waals surface area contributed by atoms with Crippen molar-refractivity contribution in [3.8, 4) is 12.1 Å². The fourth-order valence-corrected chi connectivity index (χ4v) is 5.38. The molecule has 0 atom stereocenters. The van der Waals surface area contributed by atoms with Gasteiger partial charge in [0.2, 0.25) is 0 Å². The van der Waals surface area contributed by atoms with Crippen LogP contribution >= 0.6 is 51.0 Å². The van der Waals surface area contributed by atoms with Gasteiger partial charge in [-0.05, 0) is 63.1 Å². The number of anilines is 1. The number of hydrogen-bond donors (Lipinski definition) is 4. The molecule has 0 radical (unpaired) electrons. The molecule has 39 heavy (non-hydrogen) atoms. The number of halogens is 2. The third-order valence-electron chi connectivity index (χ3n) is 5.07. The number of aromatic nitrogens is 1. The minimum Gasteiger partial charge on any atom is -0.465 e. The molecular weight excluding hydrogens is 627 g/mol. The first kappa shape index (κ1) is 31.5. The second-order valence-electron chi connectivity index (χ2n) is 7.42. The van der Waals surface area contributed by atoms with Gasteiger partial charge in [0.05, 0.1) is 50.6 Å². The molecule has 14 heteroatoms. The van der Waals surface area contributed by atoms with Crippen molar-refractivity contribution in [3.05, 3.63) is 90.1 Å². The van der Waals surface area contributed by atoms with Crippen molar-refractivity contribution in [2.45, 2.75) is 0 Å². The first-order valence-electron chi connectivity index (χ1n) is 10.6. The maximum absolute atomic E-state index is 11.7. The van der Waals surface area contributed by atoms with Crippen molar-refractivity contribution in [1.29, 1.82) is 10.5 Å². The van der Waals surface area contributed by atoms with Gasteiger partial charge in [-0.2, -0.15) is 10.5 Å². The Bertz CT molecular complexity index is 1760. The number of pyridine rings is 1. The third-order valence-corrected chi connectivity index (χ3v) is 7.70. The van der Waals surface area contributed by atoms with Gasteiger partial charge in [0.1, 0.15) is 0 Å². The smallest absolute Gasteiger partial charge is 0.465 e. The number of nitrogens with two attached hydrogens (primary N) is 1. The second kappa shape index (κ2) is 14.5. The molecule has 0 aliphatic heterocycles. The molecule has 0 aliphatic carbocycles. The zero-order valence-corrected chi connectivity index (χ0v) is 24.1. The molecule has 0 saturated carbocycles. The first-order valence-corrected chi connectivity index (χ1v) is 13.2. The topological polar surface area (TPSA) is 173 Å². The quantitative estimate of drug-likeness (QED) is 0.126. The summed E-state index contributed by atoms with van der Waals surface area (Å²) in [6.07, 6.45) is 0. The minimum absolute atomic E-state index is 0. The molecule has 0 fully saturated rings. The summed E-state index contributed by atoms with van der Waals surface area (Å²) in [7, 11) is -0.218. The van der Waals surface area contributed by atoms with E-state index in [0.717, 1.165) is 19.4 Å². The summed E-state index contributed by atoms with van der Waals surface area (Å²) >= 11 is 6.23. The maximum Gasteiger partial charge on any atom is 0.490 e. The molecule has 2 aromatic carbocycles. The number of fused-ring (bicyclic) bond motifs is 3. The van der Waals surface area contributed by atoms with Crippen molar-refractivity contribution < 1.29 is 19.6 Å². The van der Waals surface area contributed by atoms with E-state index in [4.69, 9.17) is 26.3 Å². The average molecular weight is 646 g/mol. The van der Waals surface area contributed by atoms with E-state index in [1.54, 1.807) is 29.5 Å². The Morgan fingerprint density at radius 3 is 2.23 bits per heavy atom. The SMILES string of the molecule is COC(=O)c1ccsc1Br.Cl.N#Cc1ccc(B(O)O)c(N)c1.N#Cc1ccc2c(c1)[nH]c(=O)c1ccsc12. The van der Waals surface area contributed by atoms with Gasteiger partial charge in [-0.3, -0.25) is 4.79 Å². The van der Waals surface area contributed by atoms with Crippen molar-refractivity contribution in [3.63, 3.8) is 0 Å². The van der Waals surface area contributed by atoms with Crippen LogP contribution in [0.3, 0.4) is 0 Å². The van der Waals surface area contributed by atoms with Crippen molar-refractivity contribution >= 4 is 96.2 Å². The lowest BCUT2D eigenvalue weighted by molar-refractivity contribution is 0.0600. The molecule has 3 aromatic heterocycles. The van der Waals surface area contributed by atoms with E-state index in [2.05, 4.69) is 31.7 Å². The molecule has 9 nitrogen and oxygen atoms in total. The van der Waals surface area contributed by atoms with E-state index in [0.29, 0.717) is 22.1 Å². The Morgan fingerprint density at radius 1 is 1.03 bits per heavy atom. The molecule has 0 saturated heterocycles. The number of nitrogens with zero attached hydrogens (tertiary/aromatic N) is 2. The van der Waals surface area contributed by atoms with Gasteiger partial charge in [0.25, 0.3) is 5.56 Å².